The Hall–Kier alpha value is -2.41. The van der Waals surface area contributed by atoms with E-state index in [1.165, 1.54) is 12.3 Å². The van der Waals surface area contributed by atoms with Gasteiger partial charge >= 0.3 is 0 Å². The molecule has 0 saturated carbocycles. The van der Waals surface area contributed by atoms with E-state index >= 15 is 0 Å². The van der Waals surface area contributed by atoms with Crippen LogP contribution in [0.25, 0.3) is 0 Å². The van der Waals surface area contributed by atoms with Gasteiger partial charge in [0.25, 0.3) is 0 Å². The van der Waals surface area contributed by atoms with Crippen molar-refractivity contribution >= 4 is 15.7 Å². The maximum Gasteiger partial charge on any atom is 0.224 e. The molecule has 0 aliphatic heterocycles. The third-order valence-corrected chi connectivity index (χ3v) is 4.00. The van der Waals surface area contributed by atoms with Gasteiger partial charge < -0.3 is 10.5 Å². The minimum atomic E-state index is -3.33. The molecule has 2 rings (SSSR count). The van der Waals surface area contributed by atoms with Crippen LogP contribution in [0, 0.1) is 5.41 Å². The molecule has 0 saturated heterocycles. The van der Waals surface area contributed by atoms with E-state index in [-0.39, 0.29) is 23.2 Å². The summed E-state index contributed by atoms with van der Waals surface area (Å²) in [5.41, 5.74) is 6.35. The zero-order valence-electron chi connectivity index (χ0n) is 11.4. The summed E-state index contributed by atoms with van der Waals surface area (Å²) in [6.07, 6.45) is 2.66. The first-order valence-electron chi connectivity index (χ1n) is 6.10. The van der Waals surface area contributed by atoms with Crippen LogP contribution in [-0.2, 0) is 16.4 Å². The molecule has 0 aliphatic rings. The van der Waals surface area contributed by atoms with E-state index in [0.29, 0.717) is 11.1 Å². The standard InChI is InChI=1S/C14H15N3O3S/c1-21(18,19)12-7-3-2-5-10(12)9-20-14-11(13(15)16)6-4-8-17-14/h2-8H,9H2,1H3,(H3,15,16). The maximum atomic E-state index is 11.7. The van der Waals surface area contributed by atoms with Gasteiger partial charge in [-0.05, 0) is 18.2 Å². The summed E-state index contributed by atoms with van der Waals surface area (Å²) in [4.78, 5) is 4.23. The molecular formula is C14H15N3O3S. The van der Waals surface area contributed by atoms with Crippen molar-refractivity contribution in [1.82, 2.24) is 4.98 Å². The Bertz CT molecular complexity index is 773. The normalized spacial score (nSPS) is 11.1. The SMILES string of the molecule is CS(=O)(=O)c1ccccc1COc1ncccc1C(=N)N. The lowest BCUT2D eigenvalue weighted by Crippen LogP contribution is -2.14. The van der Waals surface area contributed by atoms with Crippen molar-refractivity contribution in [3.05, 3.63) is 53.7 Å². The van der Waals surface area contributed by atoms with Gasteiger partial charge in [0.2, 0.25) is 5.88 Å². The third-order valence-electron chi connectivity index (χ3n) is 2.80. The second-order valence-electron chi connectivity index (χ2n) is 4.44. The van der Waals surface area contributed by atoms with Crippen LogP contribution in [0.5, 0.6) is 5.88 Å². The first-order valence-corrected chi connectivity index (χ1v) is 7.99. The van der Waals surface area contributed by atoms with Gasteiger partial charge in [-0.1, -0.05) is 18.2 Å². The third kappa shape index (κ3) is 3.57. The second-order valence-corrected chi connectivity index (χ2v) is 6.42. The van der Waals surface area contributed by atoms with Crippen LogP contribution in [0.15, 0.2) is 47.5 Å². The number of pyridine rings is 1. The number of hydrogen-bond acceptors (Lipinski definition) is 5. The molecule has 1 aromatic heterocycles. The van der Waals surface area contributed by atoms with Crippen molar-refractivity contribution in [2.45, 2.75) is 11.5 Å². The summed E-state index contributed by atoms with van der Waals surface area (Å²) in [7, 11) is -3.33. The Kier molecular flexibility index (Phi) is 4.23. The molecule has 0 atom stereocenters. The quantitative estimate of drug-likeness (QED) is 0.640. The molecule has 110 valence electrons. The number of nitrogen functional groups attached to an aromatic ring is 1. The van der Waals surface area contributed by atoms with Crippen molar-refractivity contribution in [3.63, 3.8) is 0 Å². The molecule has 0 fully saturated rings. The molecule has 0 radical (unpaired) electrons. The van der Waals surface area contributed by atoms with E-state index in [4.69, 9.17) is 15.9 Å². The Labute approximate surface area is 123 Å². The molecule has 1 heterocycles. The lowest BCUT2D eigenvalue weighted by atomic mass is 10.2. The zero-order chi connectivity index (χ0) is 15.5. The fourth-order valence-electron chi connectivity index (χ4n) is 1.84. The molecule has 2 aromatic rings. The van der Waals surface area contributed by atoms with Gasteiger partial charge in [0.15, 0.2) is 9.84 Å². The van der Waals surface area contributed by atoms with Crippen LogP contribution >= 0.6 is 0 Å². The first-order chi connectivity index (χ1) is 9.89. The number of nitrogens with one attached hydrogen (secondary N) is 1. The molecule has 0 spiro atoms. The van der Waals surface area contributed by atoms with E-state index in [9.17, 15) is 8.42 Å². The van der Waals surface area contributed by atoms with Crippen LogP contribution in [0.2, 0.25) is 0 Å². The van der Waals surface area contributed by atoms with Crippen molar-refractivity contribution in [1.29, 1.82) is 5.41 Å². The predicted octanol–water partition coefficient (Wildman–Crippen LogP) is 1.35. The fourth-order valence-corrected chi connectivity index (χ4v) is 2.77. The van der Waals surface area contributed by atoms with E-state index in [0.717, 1.165) is 6.26 Å². The Morgan fingerprint density at radius 1 is 1.29 bits per heavy atom. The number of hydrogen-bond donors (Lipinski definition) is 2. The van der Waals surface area contributed by atoms with Gasteiger partial charge in [-0.2, -0.15) is 0 Å². The van der Waals surface area contributed by atoms with Gasteiger partial charge in [-0.3, -0.25) is 5.41 Å². The second kappa shape index (κ2) is 5.92. The lowest BCUT2D eigenvalue weighted by Gasteiger charge is -2.11. The molecule has 0 amide bonds. The average Bonchev–Trinajstić information content (AvgIpc) is 2.44. The number of nitrogens with zero attached hydrogens (tertiary/aromatic N) is 1. The van der Waals surface area contributed by atoms with Crippen LogP contribution in [0.3, 0.4) is 0 Å². The molecular weight excluding hydrogens is 290 g/mol. The summed E-state index contributed by atoms with van der Waals surface area (Å²) >= 11 is 0. The molecule has 0 bridgehead atoms. The largest absolute Gasteiger partial charge is 0.472 e. The average molecular weight is 305 g/mol. The highest BCUT2D eigenvalue weighted by atomic mass is 32.2. The number of nitrogens with two attached hydrogens (primary N) is 1. The number of aromatic nitrogens is 1. The predicted molar refractivity (Wildman–Crippen MR) is 79.1 cm³/mol. The van der Waals surface area contributed by atoms with Crippen LogP contribution in [0.4, 0.5) is 0 Å². The van der Waals surface area contributed by atoms with Crippen LogP contribution < -0.4 is 10.5 Å². The molecule has 0 unspecified atom stereocenters. The zero-order valence-corrected chi connectivity index (χ0v) is 12.2. The number of amidine groups is 1. The van der Waals surface area contributed by atoms with E-state index in [1.54, 1.807) is 30.3 Å². The van der Waals surface area contributed by atoms with Gasteiger partial charge in [-0.15, -0.1) is 0 Å². The van der Waals surface area contributed by atoms with E-state index in [2.05, 4.69) is 4.98 Å². The fraction of sp³-hybridized carbons (Fsp3) is 0.143. The van der Waals surface area contributed by atoms with Gasteiger partial charge in [0.1, 0.15) is 12.4 Å². The highest BCUT2D eigenvalue weighted by molar-refractivity contribution is 7.90. The molecule has 1 aromatic carbocycles. The molecule has 6 nitrogen and oxygen atoms in total. The van der Waals surface area contributed by atoms with Crippen molar-refractivity contribution in [2.24, 2.45) is 5.73 Å². The number of rotatable bonds is 5. The van der Waals surface area contributed by atoms with Crippen LogP contribution in [0.1, 0.15) is 11.1 Å². The van der Waals surface area contributed by atoms with Crippen molar-refractivity contribution in [3.8, 4) is 5.88 Å². The Balaban J connectivity index is 2.28. The van der Waals surface area contributed by atoms with Crippen molar-refractivity contribution < 1.29 is 13.2 Å². The summed E-state index contributed by atoms with van der Waals surface area (Å²) in [5, 5.41) is 7.46. The molecule has 3 N–H and O–H groups in total. The Morgan fingerprint density at radius 3 is 2.67 bits per heavy atom. The smallest absolute Gasteiger partial charge is 0.224 e. The number of sulfone groups is 1. The monoisotopic (exact) mass is 305 g/mol. The topological polar surface area (TPSA) is 106 Å². The summed E-state index contributed by atoms with van der Waals surface area (Å²) in [6.45, 7) is 0.0283. The van der Waals surface area contributed by atoms with Crippen molar-refractivity contribution in [2.75, 3.05) is 6.26 Å². The molecule has 21 heavy (non-hydrogen) atoms. The summed E-state index contributed by atoms with van der Waals surface area (Å²) in [5.74, 6) is 0.0443. The maximum absolute atomic E-state index is 11.7. The van der Waals surface area contributed by atoms with Gasteiger partial charge in [-0.25, -0.2) is 13.4 Å². The first kappa shape index (κ1) is 15.0. The minimum Gasteiger partial charge on any atom is -0.472 e. The van der Waals surface area contributed by atoms with Gasteiger partial charge in [0, 0.05) is 18.0 Å². The summed E-state index contributed by atoms with van der Waals surface area (Å²) in [6, 6.07) is 9.85. The van der Waals surface area contributed by atoms with Gasteiger partial charge in [0.05, 0.1) is 10.5 Å². The molecule has 7 heteroatoms. The summed E-state index contributed by atoms with van der Waals surface area (Å²) < 4.78 is 29.0. The minimum absolute atomic E-state index is 0.0283. The van der Waals surface area contributed by atoms with E-state index in [1.807, 2.05) is 0 Å². The van der Waals surface area contributed by atoms with Crippen LogP contribution in [-0.4, -0.2) is 25.5 Å². The van der Waals surface area contributed by atoms with E-state index < -0.39 is 9.84 Å². The Morgan fingerprint density at radius 2 is 2.00 bits per heavy atom. The molecule has 0 aliphatic carbocycles. The lowest BCUT2D eigenvalue weighted by molar-refractivity contribution is 0.290. The number of benzene rings is 1. The highest BCUT2D eigenvalue weighted by Gasteiger charge is 2.14. The highest BCUT2D eigenvalue weighted by Crippen LogP contribution is 2.19. The number of ether oxygens (including phenoxy) is 1.